The number of nitrogens with zero attached hydrogens (tertiary/aromatic N) is 1. The van der Waals surface area contributed by atoms with E-state index in [1.165, 1.54) is 5.56 Å². The zero-order chi connectivity index (χ0) is 23.2. The summed E-state index contributed by atoms with van der Waals surface area (Å²) in [5, 5.41) is 15.8. The zero-order valence-electron chi connectivity index (χ0n) is 19.3. The first-order valence-corrected chi connectivity index (χ1v) is 12.0. The molecule has 3 saturated heterocycles. The summed E-state index contributed by atoms with van der Waals surface area (Å²) in [5.74, 6) is 0.817. The lowest BCUT2D eigenvalue weighted by molar-refractivity contribution is -0.155. The monoisotopic (exact) mass is 447 g/mol. The first-order valence-electron chi connectivity index (χ1n) is 12.0. The molecule has 33 heavy (non-hydrogen) atoms. The number of likely N-dealkylation sites (tertiary alicyclic amines) is 1. The third-order valence-corrected chi connectivity index (χ3v) is 7.79. The molecule has 3 aliphatic heterocycles. The highest BCUT2D eigenvalue weighted by molar-refractivity contribution is 5.96. The van der Waals surface area contributed by atoms with E-state index in [0.717, 1.165) is 25.1 Å². The van der Waals surface area contributed by atoms with Crippen LogP contribution in [0, 0.1) is 23.7 Å². The maximum absolute atomic E-state index is 13.7. The van der Waals surface area contributed by atoms with Crippen LogP contribution in [0.25, 0.3) is 0 Å². The smallest absolute Gasteiger partial charge is 0.246 e. The normalized spacial score (nSPS) is 30.5. The molecule has 174 valence electrons. The lowest BCUT2D eigenvalue weighted by Gasteiger charge is -2.55. The molecule has 4 fully saturated rings. The molecule has 2 amide bonds. The Hall–Kier alpha value is -2.86. The number of fused-ring (bicyclic) bond motifs is 1. The molecule has 2 aromatic rings. The summed E-state index contributed by atoms with van der Waals surface area (Å²) in [4.78, 5) is 29.4. The fourth-order valence-electron chi connectivity index (χ4n) is 6.52. The van der Waals surface area contributed by atoms with Crippen molar-refractivity contribution in [2.45, 2.75) is 51.4 Å². The first-order chi connectivity index (χ1) is 15.9. The molecule has 0 aromatic heterocycles. The van der Waals surface area contributed by atoms with Gasteiger partial charge in [-0.2, -0.15) is 0 Å². The van der Waals surface area contributed by atoms with Crippen molar-refractivity contribution in [2.24, 2.45) is 23.7 Å². The topological polar surface area (TPSA) is 81.7 Å². The third kappa shape index (κ3) is 3.90. The van der Waals surface area contributed by atoms with Gasteiger partial charge < -0.3 is 15.7 Å². The summed E-state index contributed by atoms with van der Waals surface area (Å²) in [5.41, 5.74) is 1.30. The average Bonchev–Trinajstić information content (AvgIpc) is 3.10. The van der Waals surface area contributed by atoms with Crippen molar-refractivity contribution in [3.8, 4) is 5.75 Å². The van der Waals surface area contributed by atoms with Crippen LogP contribution in [-0.4, -0.2) is 39.9 Å². The van der Waals surface area contributed by atoms with Gasteiger partial charge in [-0.15, -0.1) is 0 Å². The molecule has 6 heteroatoms. The predicted molar refractivity (Wildman–Crippen MR) is 126 cm³/mol. The summed E-state index contributed by atoms with van der Waals surface area (Å²) in [6.45, 7) is 6.43. The van der Waals surface area contributed by atoms with E-state index in [1.807, 2.05) is 6.07 Å². The lowest BCUT2D eigenvalue weighted by Crippen LogP contribution is -2.75. The molecule has 5 unspecified atom stereocenters. The van der Waals surface area contributed by atoms with Crippen LogP contribution >= 0.6 is 0 Å². The van der Waals surface area contributed by atoms with E-state index in [1.54, 1.807) is 24.3 Å². The van der Waals surface area contributed by atoms with E-state index in [2.05, 4.69) is 53.6 Å². The van der Waals surface area contributed by atoms with Gasteiger partial charge in [0, 0.05) is 31.6 Å². The number of hydrogen-bond donors (Lipinski definition) is 3. The van der Waals surface area contributed by atoms with Crippen LogP contribution in [0.1, 0.15) is 37.8 Å². The van der Waals surface area contributed by atoms with Crippen LogP contribution in [0.5, 0.6) is 5.75 Å². The molecular weight excluding hydrogens is 414 g/mol. The molecular formula is C27H33N3O3. The number of carbonyl (C=O) groups is 2. The molecule has 2 aromatic carbocycles. The van der Waals surface area contributed by atoms with Crippen molar-refractivity contribution in [3.63, 3.8) is 0 Å². The number of nitrogens with one attached hydrogen (secondary N) is 2. The minimum Gasteiger partial charge on any atom is -0.508 e. The number of piperidine rings is 2. The predicted octanol–water partition coefficient (Wildman–Crippen LogP) is 3.06. The second kappa shape index (κ2) is 8.49. The number of amides is 2. The second-order valence-electron chi connectivity index (χ2n) is 10.4. The van der Waals surface area contributed by atoms with Gasteiger partial charge in [0.1, 0.15) is 11.3 Å². The molecule has 0 spiro atoms. The fraction of sp³-hybridized carbons (Fsp3) is 0.481. The van der Waals surface area contributed by atoms with Gasteiger partial charge in [0.2, 0.25) is 11.8 Å². The minimum atomic E-state index is -0.867. The summed E-state index contributed by atoms with van der Waals surface area (Å²) >= 11 is 0. The molecule has 6 rings (SSSR count). The number of carbonyl (C=O) groups excluding carboxylic acids is 2. The van der Waals surface area contributed by atoms with Crippen molar-refractivity contribution < 1.29 is 14.7 Å². The SMILES string of the molecule is CC(C)CC1C2C3C(=O)NC1(C(=O)NCc1ccc(O)cc1)CC3CN2Cc1ccccc1. The average molecular weight is 448 g/mol. The van der Waals surface area contributed by atoms with E-state index in [-0.39, 0.29) is 41.4 Å². The van der Waals surface area contributed by atoms with E-state index in [0.29, 0.717) is 18.9 Å². The second-order valence-corrected chi connectivity index (χ2v) is 10.4. The largest absolute Gasteiger partial charge is 0.508 e. The van der Waals surface area contributed by atoms with Crippen LogP contribution in [0.3, 0.4) is 0 Å². The number of rotatable bonds is 7. The van der Waals surface area contributed by atoms with Crippen molar-refractivity contribution >= 4 is 11.8 Å². The molecule has 3 N–H and O–H groups in total. The van der Waals surface area contributed by atoms with Crippen LogP contribution in [0.4, 0.5) is 0 Å². The first kappa shape index (κ1) is 22.0. The molecule has 3 heterocycles. The third-order valence-electron chi connectivity index (χ3n) is 7.79. The highest BCUT2D eigenvalue weighted by atomic mass is 16.3. The Morgan fingerprint density at radius 3 is 2.58 bits per heavy atom. The highest BCUT2D eigenvalue weighted by Gasteiger charge is 2.67. The molecule has 1 aliphatic carbocycles. The van der Waals surface area contributed by atoms with Gasteiger partial charge >= 0.3 is 0 Å². The molecule has 1 saturated carbocycles. The lowest BCUT2D eigenvalue weighted by atomic mass is 9.57. The van der Waals surface area contributed by atoms with Gasteiger partial charge in [-0.05, 0) is 47.9 Å². The van der Waals surface area contributed by atoms with Gasteiger partial charge in [-0.3, -0.25) is 14.5 Å². The quantitative estimate of drug-likeness (QED) is 0.609. The standard InChI is InChI=1S/C27H33N3O3/c1-17(2)12-22-24-23-20(16-30(24)15-19-6-4-3-5-7-19)13-27(22,29-25(23)32)26(33)28-14-18-8-10-21(31)11-9-18/h3-11,17,20,22-24,31H,12-16H2,1-2H3,(H,28,33)(H,29,32). The Kier molecular flexibility index (Phi) is 5.65. The Bertz CT molecular complexity index is 1020. The number of benzene rings is 2. The molecule has 6 nitrogen and oxygen atoms in total. The van der Waals surface area contributed by atoms with Crippen LogP contribution < -0.4 is 10.6 Å². The van der Waals surface area contributed by atoms with Crippen LogP contribution in [0.15, 0.2) is 54.6 Å². The number of phenols is 1. The van der Waals surface area contributed by atoms with E-state index in [4.69, 9.17) is 0 Å². The summed E-state index contributed by atoms with van der Waals surface area (Å²) in [6.07, 6.45) is 1.59. The Balaban J connectivity index is 1.43. The van der Waals surface area contributed by atoms with Crippen molar-refractivity contribution in [2.75, 3.05) is 6.54 Å². The summed E-state index contributed by atoms with van der Waals surface area (Å²) in [7, 11) is 0. The molecule has 4 bridgehead atoms. The van der Waals surface area contributed by atoms with Crippen LogP contribution in [-0.2, 0) is 22.7 Å². The van der Waals surface area contributed by atoms with Crippen LogP contribution in [0.2, 0.25) is 0 Å². The van der Waals surface area contributed by atoms with E-state index in [9.17, 15) is 14.7 Å². The number of hydrogen-bond acceptors (Lipinski definition) is 4. The molecule has 5 atom stereocenters. The Morgan fingerprint density at radius 1 is 1.15 bits per heavy atom. The highest BCUT2D eigenvalue weighted by Crippen LogP contribution is 2.54. The number of phenolic OH excluding ortho intramolecular Hbond substituents is 1. The van der Waals surface area contributed by atoms with Gasteiger partial charge in [-0.25, -0.2) is 0 Å². The van der Waals surface area contributed by atoms with Crippen molar-refractivity contribution in [1.29, 1.82) is 0 Å². The van der Waals surface area contributed by atoms with Gasteiger partial charge in [0.25, 0.3) is 0 Å². The number of aromatic hydroxyl groups is 1. The van der Waals surface area contributed by atoms with Crippen molar-refractivity contribution in [1.82, 2.24) is 15.5 Å². The molecule has 4 aliphatic rings. The van der Waals surface area contributed by atoms with E-state index < -0.39 is 5.54 Å². The summed E-state index contributed by atoms with van der Waals surface area (Å²) < 4.78 is 0. The zero-order valence-corrected chi connectivity index (χ0v) is 19.3. The minimum absolute atomic E-state index is 0.0339. The van der Waals surface area contributed by atoms with Gasteiger partial charge in [0.15, 0.2) is 0 Å². The Morgan fingerprint density at radius 2 is 1.88 bits per heavy atom. The Labute approximate surface area is 195 Å². The van der Waals surface area contributed by atoms with Gasteiger partial charge in [0.05, 0.1) is 5.92 Å². The van der Waals surface area contributed by atoms with E-state index >= 15 is 0 Å². The van der Waals surface area contributed by atoms with Crippen molar-refractivity contribution in [3.05, 3.63) is 65.7 Å². The summed E-state index contributed by atoms with van der Waals surface area (Å²) in [6, 6.07) is 17.3. The maximum Gasteiger partial charge on any atom is 0.246 e. The van der Waals surface area contributed by atoms with Gasteiger partial charge in [-0.1, -0.05) is 56.3 Å². The molecule has 0 radical (unpaired) electrons. The maximum atomic E-state index is 13.7. The fourth-order valence-corrected chi connectivity index (χ4v) is 6.52.